The molecule has 1 unspecified atom stereocenters. The van der Waals surface area contributed by atoms with E-state index in [0.717, 1.165) is 12.8 Å². The highest BCUT2D eigenvalue weighted by Crippen LogP contribution is 2.06. The predicted octanol–water partition coefficient (Wildman–Crippen LogP) is 3.88. The Labute approximate surface area is 99.4 Å². The summed E-state index contributed by atoms with van der Waals surface area (Å²) in [5.41, 5.74) is 0. The Morgan fingerprint density at radius 2 is 1.75 bits per heavy atom. The molecule has 0 aromatic rings. The van der Waals surface area contributed by atoms with Crippen LogP contribution in [0.15, 0.2) is 24.3 Å². The van der Waals surface area contributed by atoms with Gasteiger partial charge in [-0.2, -0.15) is 0 Å². The summed E-state index contributed by atoms with van der Waals surface area (Å²) in [6.45, 7) is 8.12. The van der Waals surface area contributed by atoms with Gasteiger partial charge < -0.3 is 4.74 Å². The van der Waals surface area contributed by atoms with Gasteiger partial charge in [0, 0.05) is 0 Å². The van der Waals surface area contributed by atoms with E-state index in [1.807, 2.05) is 32.9 Å². The second kappa shape index (κ2) is 9.20. The van der Waals surface area contributed by atoms with Crippen molar-refractivity contribution in [3.63, 3.8) is 0 Å². The number of allylic oxidation sites excluding steroid dienone is 3. The fourth-order valence-electron chi connectivity index (χ4n) is 1.01. The first-order chi connectivity index (χ1) is 7.57. The normalized spacial score (nSPS) is 13.8. The zero-order valence-electron chi connectivity index (χ0n) is 10.9. The summed E-state index contributed by atoms with van der Waals surface area (Å²) in [5.74, 6) is 0.234. The molecule has 1 atom stereocenters. The molecule has 0 radical (unpaired) electrons. The quantitative estimate of drug-likeness (QED) is 0.484. The summed E-state index contributed by atoms with van der Waals surface area (Å²) in [7, 11) is 0. The molecular formula is C14H24O2. The molecule has 0 heterocycles. The minimum Gasteiger partial charge on any atom is -0.462 e. The highest BCUT2D eigenvalue weighted by molar-refractivity contribution is 5.71. The average Bonchev–Trinajstić information content (AvgIpc) is 2.23. The van der Waals surface area contributed by atoms with Crippen molar-refractivity contribution in [3.8, 4) is 0 Å². The molecule has 0 spiro atoms. The maximum absolute atomic E-state index is 11.4. The van der Waals surface area contributed by atoms with E-state index in [9.17, 15) is 4.79 Å². The molecule has 0 saturated heterocycles. The molecule has 0 amide bonds. The van der Waals surface area contributed by atoms with Crippen LogP contribution in [0.1, 0.15) is 47.0 Å². The van der Waals surface area contributed by atoms with Crippen molar-refractivity contribution in [1.29, 1.82) is 0 Å². The average molecular weight is 224 g/mol. The summed E-state index contributed by atoms with van der Waals surface area (Å²) in [6.07, 6.45) is 10.4. The minimum absolute atomic E-state index is 0.000822. The Hall–Kier alpha value is -1.05. The first kappa shape index (κ1) is 14.9. The molecule has 0 fully saturated rings. The van der Waals surface area contributed by atoms with Gasteiger partial charge in [0.05, 0.1) is 6.42 Å². The van der Waals surface area contributed by atoms with Gasteiger partial charge >= 0.3 is 5.97 Å². The van der Waals surface area contributed by atoms with E-state index >= 15 is 0 Å². The van der Waals surface area contributed by atoms with Crippen LogP contribution >= 0.6 is 0 Å². The number of rotatable bonds is 7. The van der Waals surface area contributed by atoms with Crippen LogP contribution in [0.25, 0.3) is 0 Å². The Morgan fingerprint density at radius 3 is 2.31 bits per heavy atom. The maximum Gasteiger partial charge on any atom is 0.309 e. The van der Waals surface area contributed by atoms with Crippen molar-refractivity contribution in [3.05, 3.63) is 24.3 Å². The SMILES string of the molecule is CC/C=C\C/C=C\CC(=O)OC(C)C(C)C. The Morgan fingerprint density at radius 1 is 1.12 bits per heavy atom. The van der Waals surface area contributed by atoms with Crippen LogP contribution < -0.4 is 0 Å². The first-order valence-electron chi connectivity index (χ1n) is 6.07. The molecule has 0 aliphatic heterocycles. The molecule has 0 saturated carbocycles. The summed E-state index contributed by atoms with van der Waals surface area (Å²) in [5, 5.41) is 0. The van der Waals surface area contributed by atoms with Crippen LogP contribution in [0.3, 0.4) is 0 Å². The first-order valence-corrected chi connectivity index (χ1v) is 6.07. The molecule has 92 valence electrons. The molecule has 2 nitrogen and oxygen atoms in total. The van der Waals surface area contributed by atoms with Gasteiger partial charge in [-0.15, -0.1) is 0 Å². The Balaban J connectivity index is 3.68. The van der Waals surface area contributed by atoms with E-state index in [2.05, 4.69) is 19.1 Å². The van der Waals surface area contributed by atoms with Crippen molar-refractivity contribution in [2.45, 2.75) is 53.1 Å². The molecule has 0 bridgehead atoms. The summed E-state index contributed by atoms with van der Waals surface area (Å²) < 4.78 is 5.23. The zero-order chi connectivity index (χ0) is 12.4. The second-order valence-corrected chi connectivity index (χ2v) is 4.23. The van der Waals surface area contributed by atoms with Crippen molar-refractivity contribution >= 4 is 5.97 Å². The number of ether oxygens (including phenoxy) is 1. The second-order valence-electron chi connectivity index (χ2n) is 4.23. The van der Waals surface area contributed by atoms with E-state index in [-0.39, 0.29) is 12.1 Å². The zero-order valence-corrected chi connectivity index (χ0v) is 10.9. The molecule has 0 N–H and O–H groups in total. The van der Waals surface area contributed by atoms with Gasteiger partial charge in [-0.3, -0.25) is 4.79 Å². The molecule has 0 rings (SSSR count). The lowest BCUT2D eigenvalue weighted by Gasteiger charge is -2.15. The van der Waals surface area contributed by atoms with E-state index in [1.165, 1.54) is 0 Å². The van der Waals surface area contributed by atoms with Crippen LogP contribution in [0.5, 0.6) is 0 Å². The van der Waals surface area contributed by atoms with Crippen molar-refractivity contribution in [1.82, 2.24) is 0 Å². The summed E-state index contributed by atoms with van der Waals surface area (Å²) >= 11 is 0. The smallest absolute Gasteiger partial charge is 0.309 e. The van der Waals surface area contributed by atoms with Crippen LogP contribution in [-0.4, -0.2) is 12.1 Å². The lowest BCUT2D eigenvalue weighted by molar-refractivity contribution is -0.149. The summed E-state index contributed by atoms with van der Waals surface area (Å²) in [4.78, 5) is 11.4. The molecule has 0 aliphatic carbocycles. The monoisotopic (exact) mass is 224 g/mol. The van der Waals surface area contributed by atoms with E-state index in [0.29, 0.717) is 12.3 Å². The molecule has 16 heavy (non-hydrogen) atoms. The Kier molecular flexibility index (Phi) is 8.59. The van der Waals surface area contributed by atoms with Gasteiger partial charge in [-0.1, -0.05) is 45.1 Å². The molecule has 2 heteroatoms. The maximum atomic E-state index is 11.4. The van der Waals surface area contributed by atoms with E-state index in [4.69, 9.17) is 4.74 Å². The van der Waals surface area contributed by atoms with Gasteiger partial charge in [-0.25, -0.2) is 0 Å². The van der Waals surface area contributed by atoms with Gasteiger partial charge in [0.1, 0.15) is 6.10 Å². The standard InChI is InChI=1S/C14H24O2/c1-5-6-7-8-9-10-11-14(15)16-13(4)12(2)3/h6-7,9-10,12-13H,5,8,11H2,1-4H3/b7-6-,10-9-. The van der Waals surface area contributed by atoms with Gasteiger partial charge in [-0.05, 0) is 25.7 Å². The fourth-order valence-corrected chi connectivity index (χ4v) is 1.01. The van der Waals surface area contributed by atoms with Crippen molar-refractivity contribution < 1.29 is 9.53 Å². The van der Waals surface area contributed by atoms with Gasteiger partial charge in [0.25, 0.3) is 0 Å². The highest BCUT2D eigenvalue weighted by atomic mass is 16.5. The minimum atomic E-state index is -0.142. The van der Waals surface area contributed by atoms with Gasteiger partial charge in [0.15, 0.2) is 0 Å². The van der Waals surface area contributed by atoms with Crippen LogP contribution in [0, 0.1) is 5.92 Å². The number of hydrogen-bond donors (Lipinski definition) is 0. The number of hydrogen-bond acceptors (Lipinski definition) is 2. The van der Waals surface area contributed by atoms with E-state index < -0.39 is 0 Å². The van der Waals surface area contributed by atoms with Crippen LogP contribution in [0.4, 0.5) is 0 Å². The lowest BCUT2D eigenvalue weighted by Crippen LogP contribution is -2.19. The predicted molar refractivity (Wildman–Crippen MR) is 68.2 cm³/mol. The third-order valence-electron chi connectivity index (χ3n) is 2.38. The lowest BCUT2D eigenvalue weighted by atomic mass is 10.1. The number of carbonyl (C=O) groups excluding carboxylic acids is 1. The topological polar surface area (TPSA) is 26.3 Å². The fraction of sp³-hybridized carbons (Fsp3) is 0.643. The Bertz CT molecular complexity index is 239. The third kappa shape index (κ3) is 8.27. The molecule has 0 aliphatic rings. The highest BCUT2D eigenvalue weighted by Gasteiger charge is 2.11. The molecule has 0 aromatic heterocycles. The molecule has 0 aromatic carbocycles. The van der Waals surface area contributed by atoms with E-state index in [1.54, 1.807) is 0 Å². The van der Waals surface area contributed by atoms with Gasteiger partial charge in [0.2, 0.25) is 0 Å². The van der Waals surface area contributed by atoms with Crippen LogP contribution in [0.2, 0.25) is 0 Å². The summed E-state index contributed by atoms with van der Waals surface area (Å²) in [6, 6.07) is 0. The number of carbonyl (C=O) groups is 1. The number of esters is 1. The van der Waals surface area contributed by atoms with Crippen LogP contribution in [-0.2, 0) is 9.53 Å². The third-order valence-corrected chi connectivity index (χ3v) is 2.38. The molecular weight excluding hydrogens is 200 g/mol. The van der Waals surface area contributed by atoms with Crippen molar-refractivity contribution in [2.24, 2.45) is 5.92 Å². The van der Waals surface area contributed by atoms with Crippen molar-refractivity contribution in [2.75, 3.05) is 0 Å². The largest absolute Gasteiger partial charge is 0.462 e.